The average molecular weight is 419 g/mol. The Morgan fingerprint density at radius 3 is 2.23 bits per heavy atom. The van der Waals surface area contributed by atoms with Crippen LogP contribution in [0.1, 0.15) is 18.4 Å². The van der Waals surface area contributed by atoms with Gasteiger partial charge in [0, 0.05) is 13.1 Å². The SMILES string of the molecule is N#CCN1CCC(N=C(N)C(C(N)=O)=C(N)c2ccc(Oc3ccccc3)cc2)CC1. The summed E-state index contributed by atoms with van der Waals surface area (Å²) in [4.78, 5) is 18.6. The number of nitriles is 1. The van der Waals surface area contributed by atoms with Crippen LogP contribution < -0.4 is 21.9 Å². The van der Waals surface area contributed by atoms with E-state index in [-0.39, 0.29) is 23.1 Å². The molecule has 2 aromatic rings. The lowest BCUT2D eigenvalue weighted by atomic mass is 10.0. The molecular formula is C23H26N6O2. The van der Waals surface area contributed by atoms with Crippen molar-refractivity contribution in [3.8, 4) is 17.6 Å². The third-order valence-corrected chi connectivity index (χ3v) is 5.09. The maximum Gasteiger partial charge on any atom is 0.254 e. The lowest BCUT2D eigenvalue weighted by molar-refractivity contribution is -0.114. The summed E-state index contributed by atoms with van der Waals surface area (Å²) in [7, 11) is 0. The molecule has 0 spiro atoms. The number of aliphatic imine (C=N–C) groups is 1. The second-order valence-electron chi connectivity index (χ2n) is 7.27. The fourth-order valence-corrected chi connectivity index (χ4v) is 3.44. The molecule has 6 N–H and O–H groups in total. The molecular weight excluding hydrogens is 392 g/mol. The van der Waals surface area contributed by atoms with Gasteiger partial charge < -0.3 is 21.9 Å². The number of carbonyl (C=O) groups excluding carboxylic acids is 1. The molecule has 0 unspecified atom stereocenters. The molecule has 2 aromatic carbocycles. The minimum absolute atomic E-state index is 0.0104. The van der Waals surface area contributed by atoms with Crippen LogP contribution in [0.5, 0.6) is 11.5 Å². The Labute approximate surface area is 181 Å². The monoisotopic (exact) mass is 418 g/mol. The lowest BCUT2D eigenvalue weighted by Crippen LogP contribution is -2.37. The highest BCUT2D eigenvalue weighted by Crippen LogP contribution is 2.24. The van der Waals surface area contributed by atoms with Crippen molar-refractivity contribution < 1.29 is 9.53 Å². The Morgan fingerprint density at radius 2 is 1.65 bits per heavy atom. The zero-order chi connectivity index (χ0) is 22.2. The molecule has 0 radical (unpaired) electrons. The number of rotatable bonds is 7. The summed E-state index contributed by atoms with van der Waals surface area (Å²) in [5.74, 6) is 0.654. The zero-order valence-corrected chi connectivity index (χ0v) is 17.2. The van der Waals surface area contributed by atoms with Crippen molar-refractivity contribution in [1.29, 1.82) is 5.26 Å². The Morgan fingerprint density at radius 1 is 1.03 bits per heavy atom. The van der Waals surface area contributed by atoms with Crippen LogP contribution in [0.25, 0.3) is 5.70 Å². The van der Waals surface area contributed by atoms with E-state index in [9.17, 15) is 4.79 Å². The second-order valence-corrected chi connectivity index (χ2v) is 7.27. The van der Waals surface area contributed by atoms with Crippen molar-refractivity contribution in [2.45, 2.75) is 18.9 Å². The molecule has 0 aromatic heterocycles. The normalized spacial score (nSPS) is 16.3. The highest BCUT2D eigenvalue weighted by Gasteiger charge is 2.21. The molecule has 0 bridgehead atoms. The van der Waals surface area contributed by atoms with Crippen molar-refractivity contribution in [1.82, 2.24) is 4.90 Å². The van der Waals surface area contributed by atoms with E-state index in [1.165, 1.54) is 0 Å². The second kappa shape index (κ2) is 10.3. The van der Waals surface area contributed by atoms with E-state index in [0.717, 1.165) is 25.9 Å². The number of benzene rings is 2. The van der Waals surface area contributed by atoms with Crippen LogP contribution >= 0.6 is 0 Å². The van der Waals surface area contributed by atoms with Crippen molar-refractivity contribution in [3.63, 3.8) is 0 Å². The van der Waals surface area contributed by atoms with Crippen LogP contribution in [0, 0.1) is 11.3 Å². The third kappa shape index (κ3) is 5.84. The standard InChI is InChI=1S/C23H26N6O2/c24-12-15-29-13-10-17(11-14-29)28-22(26)20(23(27)30)21(25)16-6-8-19(9-7-16)31-18-4-2-1-3-5-18/h1-9,17H,10-11,13-15,25H2,(H2,26,28)(H2,27,30). The first kappa shape index (κ1) is 21.9. The van der Waals surface area contributed by atoms with Gasteiger partial charge in [-0.15, -0.1) is 0 Å². The van der Waals surface area contributed by atoms with Gasteiger partial charge in [-0.1, -0.05) is 18.2 Å². The molecule has 8 heteroatoms. The number of primary amides is 1. The number of amidine groups is 1. The number of hydrogen-bond acceptors (Lipinski definition) is 6. The molecule has 160 valence electrons. The van der Waals surface area contributed by atoms with E-state index in [1.807, 2.05) is 30.3 Å². The quantitative estimate of drug-likeness (QED) is 0.271. The maximum atomic E-state index is 12.1. The number of nitrogens with zero attached hydrogens (tertiary/aromatic N) is 3. The van der Waals surface area contributed by atoms with Crippen molar-refractivity contribution in [3.05, 3.63) is 65.7 Å². The molecule has 1 fully saturated rings. The van der Waals surface area contributed by atoms with E-state index in [4.69, 9.17) is 27.2 Å². The van der Waals surface area contributed by atoms with Crippen molar-refractivity contribution in [2.24, 2.45) is 22.2 Å². The first-order valence-corrected chi connectivity index (χ1v) is 10.0. The molecule has 1 aliphatic heterocycles. The highest BCUT2D eigenvalue weighted by molar-refractivity contribution is 6.24. The van der Waals surface area contributed by atoms with E-state index < -0.39 is 5.91 Å². The molecule has 31 heavy (non-hydrogen) atoms. The number of carbonyl (C=O) groups is 1. The Balaban J connectivity index is 1.76. The van der Waals surface area contributed by atoms with Gasteiger partial charge in [-0.25, -0.2) is 0 Å². The fraction of sp³-hybridized carbons (Fsp3) is 0.261. The van der Waals surface area contributed by atoms with Gasteiger partial charge in [0.2, 0.25) is 0 Å². The highest BCUT2D eigenvalue weighted by atomic mass is 16.5. The predicted molar refractivity (Wildman–Crippen MR) is 120 cm³/mol. The number of piperidine rings is 1. The van der Waals surface area contributed by atoms with Gasteiger partial charge in [0.05, 0.1) is 24.4 Å². The number of likely N-dealkylation sites (tertiary alicyclic amines) is 1. The number of amides is 1. The van der Waals surface area contributed by atoms with Gasteiger partial charge >= 0.3 is 0 Å². The first-order chi connectivity index (χ1) is 15.0. The van der Waals surface area contributed by atoms with Gasteiger partial charge in [-0.3, -0.25) is 14.7 Å². The number of ether oxygens (including phenoxy) is 1. The fourth-order valence-electron chi connectivity index (χ4n) is 3.44. The van der Waals surface area contributed by atoms with E-state index in [0.29, 0.717) is 23.6 Å². The van der Waals surface area contributed by atoms with Crippen LogP contribution in [0.4, 0.5) is 0 Å². The van der Waals surface area contributed by atoms with Crippen molar-refractivity contribution in [2.75, 3.05) is 19.6 Å². The predicted octanol–water partition coefficient (Wildman–Crippen LogP) is 1.98. The summed E-state index contributed by atoms with van der Waals surface area (Å²) in [5.41, 5.74) is 18.7. The Kier molecular flexibility index (Phi) is 7.25. The molecule has 1 saturated heterocycles. The van der Waals surface area contributed by atoms with Crippen LogP contribution in [0.3, 0.4) is 0 Å². The molecule has 8 nitrogen and oxygen atoms in total. The smallest absolute Gasteiger partial charge is 0.254 e. The van der Waals surface area contributed by atoms with Gasteiger partial charge in [0.1, 0.15) is 22.9 Å². The van der Waals surface area contributed by atoms with Crippen LogP contribution in [0.15, 0.2) is 65.2 Å². The summed E-state index contributed by atoms with van der Waals surface area (Å²) in [6, 6.07) is 18.5. The average Bonchev–Trinajstić information content (AvgIpc) is 2.76. The lowest BCUT2D eigenvalue weighted by Gasteiger charge is -2.28. The first-order valence-electron chi connectivity index (χ1n) is 10.0. The minimum atomic E-state index is -0.731. The van der Waals surface area contributed by atoms with E-state index in [2.05, 4.69) is 16.0 Å². The molecule has 1 heterocycles. The summed E-state index contributed by atoms with van der Waals surface area (Å²) in [6.45, 7) is 1.90. The summed E-state index contributed by atoms with van der Waals surface area (Å²) < 4.78 is 5.77. The molecule has 0 saturated carbocycles. The summed E-state index contributed by atoms with van der Waals surface area (Å²) in [5, 5.41) is 8.81. The van der Waals surface area contributed by atoms with E-state index in [1.54, 1.807) is 24.3 Å². The van der Waals surface area contributed by atoms with E-state index >= 15 is 0 Å². The topological polar surface area (TPSA) is 144 Å². The Bertz CT molecular complexity index is 1000. The van der Waals surface area contributed by atoms with Gasteiger partial charge in [0.25, 0.3) is 5.91 Å². The van der Waals surface area contributed by atoms with Crippen molar-refractivity contribution >= 4 is 17.4 Å². The molecule has 1 aliphatic rings. The third-order valence-electron chi connectivity index (χ3n) is 5.09. The number of para-hydroxylation sites is 1. The van der Waals surface area contributed by atoms with Crippen LogP contribution in [0.2, 0.25) is 0 Å². The zero-order valence-electron chi connectivity index (χ0n) is 17.2. The molecule has 3 rings (SSSR count). The van der Waals surface area contributed by atoms with Gasteiger partial charge in [0.15, 0.2) is 0 Å². The van der Waals surface area contributed by atoms with Gasteiger partial charge in [-0.2, -0.15) is 5.26 Å². The minimum Gasteiger partial charge on any atom is -0.457 e. The van der Waals surface area contributed by atoms with Crippen LogP contribution in [-0.2, 0) is 4.79 Å². The number of hydrogen-bond donors (Lipinski definition) is 3. The summed E-state index contributed by atoms with van der Waals surface area (Å²) >= 11 is 0. The molecule has 0 aliphatic carbocycles. The molecule has 1 amide bonds. The largest absolute Gasteiger partial charge is 0.457 e. The molecule has 0 atom stereocenters. The van der Waals surface area contributed by atoms with Crippen LogP contribution in [-0.4, -0.2) is 42.3 Å². The van der Waals surface area contributed by atoms with Gasteiger partial charge in [-0.05, 0) is 54.8 Å². The number of nitrogens with two attached hydrogens (primary N) is 3. The Hall–Kier alpha value is -3.83. The summed E-state index contributed by atoms with van der Waals surface area (Å²) in [6.07, 6.45) is 1.50. The maximum absolute atomic E-state index is 12.1.